The molecule has 2 rings (SSSR count). The van der Waals surface area contributed by atoms with Gasteiger partial charge in [0.05, 0.1) is 8.67 Å². The minimum atomic E-state index is 0.253. The maximum absolute atomic E-state index is 6.18. The summed E-state index contributed by atoms with van der Waals surface area (Å²) in [5, 5.41) is 3.39. The molecule has 0 spiro atoms. The first kappa shape index (κ1) is 11.7. The van der Waals surface area contributed by atoms with Gasteiger partial charge in [0.15, 0.2) is 0 Å². The highest BCUT2D eigenvalue weighted by molar-refractivity contribution is 7.20. The summed E-state index contributed by atoms with van der Waals surface area (Å²) in [6, 6.07) is 2.03. The largest absolute Gasteiger partial charge is 0.317 e. The van der Waals surface area contributed by atoms with Gasteiger partial charge in [-0.3, -0.25) is 0 Å². The number of rotatable bonds is 4. The van der Waals surface area contributed by atoms with Crippen LogP contribution in [0.2, 0.25) is 8.67 Å². The van der Waals surface area contributed by atoms with Crippen LogP contribution in [-0.2, 0) is 5.41 Å². The molecule has 0 bridgehead atoms. The Bertz CT molecular complexity index is 363. The number of thiophene rings is 1. The highest BCUT2D eigenvalue weighted by Gasteiger charge is 2.52. The fraction of sp³-hybridized carbons (Fsp3) is 0.636. The quantitative estimate of drug-likeness (QED) is 0.868. The molecule has 1 aromatic rings. The second-order valence-electron chi connectivity index (χ2n) is 4.36. The second kappa shape index (κ2) is 4.25. The van der Waals surface area contributed by atoms with E-state index in [1.807, 2.05) is 6.07 Å². The Morgan fingerprint density at radius 3 is 2.87 bits per heavy atom. The Morgan fingerprint density at radius 1 is 1.60 bits per heavy atom. The van der Waals surface area contributed by atoms with E-state index in [9.17, 15) is 0 Å². The minimum Gasteiger partial charge on any atom is -0.317 e. The molecule has 0 saturated heterocycles. The van der Waals surface area contributed by atoms with Crippen molar-refractivity contribution in [2.75, 3.05) is 13.1 Å². The van der Waals surface area contributed by atoms with Gasteiger partial charge >= 0.3 is 0 Å². The average molecular weight is 264 g/mol. The fourth-order valence-corrected chi connectivity index (χ4v) is 3.86. The number of nitrogens with one attached hydrogen (secondary N) is 1. The van der Waals surface area contributed by atoms with Crippen LogP contribution in [0.15, 0.2) is 6.07 Å². The highest BCUT2D eigenvalue weighted by Crippen LogP contribution is 2.57. The first-order valence-corrected chi connectivity index (χ1v) is 6.81. The van der Waals surface area contributed by atoms with Crippen molar-refractivity contribution in [3.63, 3.8) is 0 Å². The summed E-state index contributed by atoms with van der Waals surface area (Å²) < 4.78 is 1.66. The van der Waals surface area contributed by atoms with Gasteiger partial charge in [0.1, 0.15) is 0 Å². The molecule has 84 valence electrons. The van der Waals surface area contributed by atoms with Crippen LogP contribution in [0.25, 0.3) is 0 Å². The highest BCUT2D eigenvalue weighted by atomic mass is 35.5. The van der Waals surface area contributed by atoms with E-state index < -0.39 is 0 Å². The standard InChI is InChI=1S/C11H15Cl2NS/c1-3-14-6-7-5-11(7,2)8-4-9(12)15-10(8)13/h4,7,14H,3,5-6H2,1-2H3. The predicted octanol–water partition coefficient (Wildman–Crippen LogP) is 3.94. The summed E-state index contributed by atoms with van der Waals surface area (Å²) >= 11 is 13.6. The first-order valence-electron chi connectivity index (χ1n) is 5.24. The average Bonchev–Trinajstić information content (AvgIpc) is 2.70. The predicted molar refractivity (Wildman–Crippen MR) is 68.3 cm³/mol. The van der Waals surface area contributed by atoms with Crippen LogP contribution >= 0.6 is 34.5 Å². The zero-order valence-corrected chi connectivity index (χ0v) is 11.3. The smallest absolute Gasteiger partial charge is 0.0981 e. The van der Waals surface area contributed by atoms with E-state index in [4.69, 9.17) is 23.2 Å². The SMILES string of the molecule is CCNCC1CC1(C)c1cc(Cl)sc1Cl. The summed E-state index contributed by atoms with van der Waals surface area (Å²) in [6.45, 7) is 6.52. The maximum atomic E-state index is 6.18. The zero-order chi connectivity index (χ0) is 11.1. The van der Waals surface area contributed by atoms with Crippen molar-refractivity contribution in [3.8, 4) is 0 Å². The normalized spacial score (nSPS) is 29.5. The third kappa shape index (κ3) is 2.19. The van der Waals surface area contributed by atoms with Crippen LogP contribution in [0.4, 0.5) is 0 Å². The van der Waals surface area contributed by atoms with Crippen LogP contribution in [0, 0.1) is 5.92 Å². The summed E-state index contributed by atoms with van der Waals surface area (Å²) in [5.41, 5.74) is 1.49. The summed E-state index contributed by atoms with van der Waals surface area (Å²) in [7, 11) is 0. The molecule has 2 atom stereocenters. The Kier molecular flexibility index (Phi) is 3.32. The zero-order valence-electron chi connectivity index (χ0n) is 8.94. The lowest BCUT2D eigenvalue weighted by molar-refractivity contribution is 0.593. The van der Waals surface area contributed by atoms with Crippen LogP contribution in [0.3, 0.4) is 0 Å². The van der Waals surface area contributed by atoms with Gasteiger partial charge < -0.3 is 5.32 Å². The third-order valence-electron chi connectivity index (χ3n) is 3.32. The Hall–Kier alpha value is 0.240. The van der Waals surface area contributed by atoms with Crippen molar-refractivity contribution in [2.45, 2.75) is 25.7 Å². The Labute approximate surface area is 105 Å². The molecular weight excluding hydrogens is 249 g/mol. The molecule has 2 unspecified atom stereocenters. The van der Waals surface area contributed by atoms with Crippen LogP contribution in [-0.4, -0.2) is 13.1 Å². The molecule has 1 N–H and O–H groups in total. The van der Waals surface area contributed by atoms with E-state index in [0.717, 1.165) is 21.8 Å². The topological polar surface area (TPSA) is 12.0 Å². The van der Waals surface area contributed by atoms with E-state index in [0.29, 0.717) is 5.92 Å². The summed E-state index contributed by atoms with van der Waals surface area (Å²) in [5.74, 6) is 0.709. The van der Waals surface area contributed by atoms with Gasteiger partial charge in [0.2, 0.25) is 0 Å². The molecule has 1 aromatic heterocycles. The van der Waals surface area contributed by atoms with Crippen LogP contribution in [0.1, 0.15) is 25.8 Å². The van der Waals surface area contributed by atoms with Crippen molar-refractivity contribution < 1.29 is 0 Å². The molecule has 15 heavy (non-hydrogen) atoms. The molecule has 4 heteroatoms. The van der Waals surface area contributed by atoms with Crippen molar-refractivity contribution in [1.82, 2.24) is 5.32 Å². The second-order valence-corrected chi connectivity index (χ2v) is 6.65. The number of hydrogen-bond acceptors (Lipinski definition) is 2. The van der Waals surface area contributed by atoms with Crippen molar-refractivity contribution >= 4 is 34.5 Å². The monoisotopic (exact) mass is 263 g/mol. The molecule has 1 saturated carbocycles. The van der Waals surface area contributed by atoms with Gasteiger partial charge in [-0.2, -0.15) is 0 Å². The molecule has 0 aliphatic heterocycles. The molecule has 1 heterocycles. The molecule has 0 radical (unpaired) electrons. The lowest BCUT2D eigenvalue weighted by Crippen LogP contribution is -2.19. The van der Waals surface area contributed by atoms with Gasteiger partial charge in [0, 0.05) is 0 Å². The molecule has 0 aromatic carbocycles. The molecule has 0 amide bonds. The Morgan fingerprint density at radius 2 is 2.33 bits per heavy atom. The number of halogens is 2. The van der Waals surface area contributed by atoms with Gasteiger partial charge in [0.25, 0.3) is 0 Å². The molecule has 1 aliphatic rings. The number of hydrogen-bond donors (Lipinski definition) is 1. The van der Waals surface area contributed by atoms with Crippen LogP contribution in [0.5, 0.6) is 0 Å². The first-order chi connectivity index (χ1) is 7.08. The fourth-order valence-electron chi connectivity index (χ4n) is 2.13. The maximum Gasteiger partial charge on any atom is 0.0981 e. The van der Waals surface area contributed by atoms with E-state index >= 15 is 0 Å². The molecule has 1 aliphatic carbocycles. The van der Waals surface area contributed by atoms with Crippen molar-refractivity contribution in [1.29, 1.82) is 0 Å². The van der Waals surface area contributed by atoms with Gasteiger partial charge in [-0.15, -0.1) is 11.3 Å². The minimum absolute atomic E-state index is 0.253. The van der Waals surface area contributed by atoms with E-state index in [-0.39, 0.29) is 5.41 Å². The summed E-state index contributed by atoms with van der Waals surface area (Å²) in [4.78, 5) is 0. The molecule has 1 nitrogen and oxygen atoms in total. The molecular formula is C11H15Cl2NS. The van der Waals surface area contributed by atoms with Crippen molar-refractivity contribution in [2.24, 2.45) is 5.92 Å². The van der Waals surface area contributed by atoms with Crippen molar-refractivity contribution in [3.05, 3.63) is 20.3 Å². The van der Waals surface area contributed by atoms with E-state index in [1.54, 1.807) is 0 Å². The third-order valence-corrected chi connectivity index (χ3v) is 4.81. The van der Waals surface area contributed by atoms with E-state index in [2.05, 4.69) is 19.2 Å². The van der Waals surface area contributed by atoms with Gasteiger partial charge in [-0.1, -0.05) is 37.0 Å². The Balaban J connectivity index is 2.09. The van der Waals surface area contributed by atoms with Gasteiger partial charge in [-0.05, 0) is 42.5 Å². The lowest BCUT2D eigenvalue weighted by Gasteiger charge is -2.10. The molecule has 1 fully saturated rings. The summed E-state index contributed by atoms with van der Waals surface area (Å²) in [6.07, 6.45) is 1.22. The van der Waals surface area contributed by atoms with E-state index in [1.165, 1.54) is 23.3 Å². The lowest BCUT2D eigenvalue weighted by atomic mass is 9.99. The van der Waals surface area contributed by atoms with Gasteiger partial charge in [-0.25, -0.2) is 0 Å². The van der Waals surface area contributed by atoms with Crippen LogP contribution < -0.4 is 5.32 Å².